The second-order valence-corrected chi connectivity index (χ2v) is 8.48. The molecule has 0 aliphatic carbocycles. The summed E-state index contributed by atoms with van der Waals surface area (Å²) in [7, 11) is 3.86. The third-order valence-electron chi connectivity index (χ3n) is 6.23. The van der Waals surface area contributed by atoms with Gasteiger partial charge in [-0.15, -0.1) is 0 Å². The van der Waals surface area contributed by atoms with Crippen molar-refractivity contribution in [3.8, 4) is 17.1 Å². The lowest BCUT2D eigenvalue weighted by molar-refractivity contribution is -0.172. The third-order valence-corrected chi connectivity index (χ3v) is 6.23. The highest BCUT2D eigenvalue weighted by molar-refractivity contribution is 5.90. The Morgan fingerprint density at radius 2 is 2.03 bits per heavy atom. The average Bonchev–Trinajstić information content (AvgIpc) is 3.10. The zero-order valence-electron chi connectivity index (χ0n) is 17.6. The Kier molecular flexibility index (Phi) is 4.22. The molecular weight excluding hydrogens is 398 g/mol. The van der Waals surface area contributed by atoms with Crippen molar-refractivity contribution in [1.29, 1.82) is 0 Å². The van der Waals surface area contributed by atoms with Crippen LogP contribution in [0.4, 0.5) is 0 Å². The molecule has 8 heteroatoms. The van der Waals surface area contributed by atoms with Gasteiger partial charge in [0.15, 0.2) is 5.60 Å². The van der Waals surface area contributed by atoms with Crippen LogP contribution < -0.4 is 5.56 Å². The van der Waals surface area contributed by atoms with E-state index in [-0.39, 0.29) is 24.3 Å². The number of aliphatic hydroxyl groups is 1. The van der Waals surface area contributed by atoms with Crippen LogP contribution in [-0.2, 0) is 34.8 Å². The van der Waals surface area contributed by atoms with Crippen LogP contribution in [0.1, 0.15) is 35.6 Å². The van der Waals surface area contributed by atoms with E-state index in [0.717, 1.165) is 11.1 Å². The number of cyclic esters (lactones) is 1. The number of benzene rings is 1. The first-order valence-corrected chi connectivity index (χ1v) is 10.2. The second-order valence-electron chi connectivity index (χ2n) is 8.48. The lowest BCUT2D eigenvalue weighted by Gasteiger charge is -2.31. The topological polar surface area (TPSA) is 105 Å². The first-order valence-electron chi connectivity index (χ1n) is 10.2. The summed E-state index contributed by atoms with van der Waals surface area (Å²) in [4.78, 5) is 32.2. The molecule has 5 rings (SSSR count). The number of aromatic hydroxyl groups is 1. The third kappa shape index (κ3) is 2.72. The number of hydrogen-bond donors (Lipinski definition) is 2. The normalized spacial score (nSPS) is 19.3. The SMILES string of the molecule is CCC1(O)C(=O)OCc2c1cc1n(c2=O)Cc2cc3c(O)c(CN(C)C)ccc3nc2-1. The number of phenols is 1. The Morgan fingerprint density at radius 1 is 1.26 bits per heavy atom. The molecule has 1 atom stereocenters. The lowest BCUT2D eigenvalue weighted by atomic mass is 9.86. The molecule has 2 aliphatic rings. The van der Waals surface area contributed by atoms with E-state index in [1.54, 1.807) is 17.6 Å². The Bertz CT molecular complexity index is 1330. The number of phenolic OH excluding ortho intramolecular Hbond substituents is 1. The lowest BCUT2D eigenvalue weighted by Crippen LogP contribution is -2.44. The molecule has 2 aliphatic heterocycles. The van der Waals surface area contributed by atoms with Gasteiger partial charge in [-0.05, 0) is 38.7 Å². The maximum Gasteiger partial charge on any atom is 0.343 e. The molecule has 1 unspecified atom stereocenters. The van der Waals surface area contributed by atoms with Gasteiger partial charge < -0.3 is 24.4 Å². The Morgan fingerprint density at radius 3 is 2.74 bits per heavy atom. The first kappa shape index (κ1) is 19.7. The molecule has 0 spiro atoms. The van der Waals surface area contributed by atoms with Gasteiger partial charge in [-0.2, -0.15) is 0 Å². The van der Waals surface area contributed by atoms with Crippen LogP contribution in [-0.4, -0.2) is 44.7 Å². The number of esters is 1. The van der Waals surface area contributed by atoms with Crippen molar-refractivity contribution < 1.29 is 19.7 Å². The molecule has 0 radical (unpaired) electrons. The number of hydrogen-bond acceptors (Lipinski definition) is 7. The van der Waals surface area contributed by atoms with Gasteiger partial charge in [-0.3, -0.25) is 4.79 Å². The predicted molar refractivity (Wildman–Crippen MR) is 114 cm³/mol. The highest BCUT2D eigenvalue weighted by atomic mass is 16.6. The van der Waals surface area contributed by atoms with E-state index >= 15 is 0 Å². The van der Waals surface area contributed by atoms with Gasteiger partial charge in [-0.1, -0.05) is 13.0 Å². The predicted octanol–water partition coefficient (Wildman–Crippen LogP) is 1.85. The standard InChI is InChI=1S/C23H23N3O5/c1-4-23(30)16-8-18-19-13(10-26(18)21(28)15(16)11-31-22(23)29)7-14-17(24-19)6-5-12(20(14)27)9-25(2)3/h5-8,27,30H,4,9-11H2,1-3H3. The number of pyridine rings is 2. The Hall–Kier alpha value is -3.23. The van der Waals surface area contributed by atoms with Crippen molar-refractivity contribution in [3.63, 3.8) is 0 Å². The first-order chi connectivity index (χ1) is 14.7. The maximum atomic E-state index is 13.2. The van der Waals surface area contributed by atoms with Crippen LogP contribution in [0.2, 0.25) is 0 Å². The Balaban J connectivity index is 1.72. The number of nitrogens with zero attached hydrogens (tertiary/aromatic N) is 3. The molecule has 1 aromatic carbocycles. The molecule has 0 amide bonds. The van der Waals surface area contributed by atoms with Crippen molar-refractivity contribution in [2.45, 2.75) is 38.6 Å². The fourth-order valence-electron chi connectivity index (χ4n) is 4.55. The zero-order valence-corrected chi connectivity index (χ0v) is 17.6. The molecular formula is C23H23N3O5. The Labute approximate surface area is 178 Å². The van der Waals surface area contributed by atoms with Crippen LogP contribution in [0, 0.1) is 0 Å². The van der Waals surface area contributed by atoms with Gasteiger partial charge in [-0.25, -0.2) is 9.78 Å². The molecule has 2 aromatic heterocycles. The molecule has 160 valence electrons. The van der Waals surface area contributed by atoms with Gasteiger partial charge in [0.2, 0.25) is 0 Å². The van der Waals surface area contributed by atoms with Gasteiger partial charge in [0.05, 0.1) is 29.0 Å². The number of carbonyl (C=O) groups excluding carboxylic acids is 1. The zero-order chi connectivity index (χ0) is 22.1. The minimum atomic E-state index is -1.85. The minimum Gasteiger partial charge on any atom is -0.507 e. The van der Waals surface area contributed by atoms with Gasteiger partial charge >= 0.3 is 5.97 Å². The van der Waals surface area contributed by atoms with E-state index in [1.165, 1.54) is 0 Å². The van der Waals surface area contributed by atoms with Crippen LogP contribution >= 0.6 is 0 Å². The molecule has 0 fully saturated rings. The van der Waals surface area contributed by atoms with Crippen molar-refractivity contribution in [2.24, 2.45) is 0 Å². The van der Waals surface area contributed by atoms with Crippen molar-refractivity contribution in [1.82, 2.24) is 14.5 Å². The van der Waals surface area contributed by atoms with E-state index in [0.29, 0.717) is 46.5 Å². The minimum absolute atomic E-state index is 0.0995. The molecule has 31 heavy (non-hydrogen) atoms. The van der Waals surface area contributed by atoms with E-state index in [1.807, 2.05) is 37.2 Å². The summed E-state index contributed by atoms with van der Waals surface area (Å²) < 4.78 is 6.68. The molecule has 0 bridgehead atoms. The van der Waals surface area contributed by atoms with Crippen LogP contribution in [0.25, 0.3) is 22.3 Å². The van der Waals surface area contributed by atoms with Crippen molar-refractivity contribution in [3.05, 3.63) is 56.9 Å². The quantitative estimate of drug-likeness (QED) is 0.487. The molecule has 3 aromatic rings. The highest BCUT2D eigenvalue weighted by Crippen LogP contribution is 2.40. The monoisotopic (exact) mass is 421 g/mol. The number of ether oxygens (including phenoxy) is 1. The summed E-state index contributed by atoms with van der Waals surface area (Å²) in [6.07, 6.45) is 0.0995. The number of carbonyl (C=O) groups is 1. The smallest absolute Gasteiger partial charge is 0.343 e. The number of fused-ring (bicyclic) bond motifs is 5. The van der Waals surface area contributed by atoms with Crippen LogP contribution in [0.15, 0.2) is 29.1 Å². The molecule has 8 nitrogen and oxygen atoms in total. The summed E-state index contributed by atoms with van der Waals surface area (Å²) in [6.45, 7) is 2.41. The van der Waals surface area contributed by atoms with E-state index in [9.17, 15) is 19.8 Å². The second kappa shape index (κ2) is 6.63. The van der Waals surface area contributed by atoms with Crippen LogP contribution in [0.3, 0.4) is 0 Å². The summed E-state index contributed by atoms with van der Waals surface area (Å²) in [5.41, 5.74) is 1.82. The summed E-state index contributed by atoms with van der Waals surface area (Å²) in [5, 5.41) is 22.3. The number of aromatic nitrogens is 2. The molecule has 0 saturated carbocycles. The van der Waals surface area contributed by atoms with Crippen LogP contribution in [0.5, 0.6) is 5.75 Å². The maximum absolute atomic E-state index is 13.2. The molecule has 4 heterocycles. The van der Waals surface area contributed by atoms with E-state index in [4.69, 9.17) is 9.72 Å². The van der Waals surface area contributed by atoms with Gasteiger partial charge in [0, 0.05) is 28.6 Å². The fourth-order valence-corrected chi connectivity index (χ4v) is 4.55. The summed E-state index contributed by atoms with van der Waals surface area (Å²) >= 11 is 0. The summed E-state index contributed by atoms with van der Waals surface area (Å²) in [6, 6.07) is 7.25. The van der Waals surface area contributed by atoms with Gasteiger partial charge in [0.25, 0.3) is 5.56 Å². The fraction of sp³-hybridized carbons (Fsp3) is 0.348. The molecule has 0 saturated heterocycles. The van der Waals surface area contributed by atoms with E-state index < -0.39 is 11.6 Å². The van der Waals surface area contributed by atoms with Crippen molar-refractivity contribution >= 4 is 16.9 Å². The van der Waals surface area contributed by atoms with Crippen molar-refractivity contribution in [2.75, 3.05) is 14.1 Å². The average molecular weight is 421 g/mol. The number of rotatable bonds is 3. The molecule has 2 N–H and O–H groups in total. The van der Waals surface area contributed by atoms with E-state index in [2.05, 4.69) is 0 Å². The highest BCUT2D eigenvalue weighted by Gasteiger charge is 2.45. The largest absolute Gasteiger partial charge is 0.507 e. The van der Waals surface area contributed by atoms with Gasteiger partial charge in [0.1, 0.15) is 12.4 Å². The summed E-state index contributed by atoms with van der Waals surface area (Å²) in [5.74, 6) is -0.557.